The number of benzene rings is 2. The highest BCUT2D eigenvalue weighted by Crippen LogP contribution is 2.32. The molecule has 0 heterocycles. The summed E-state index contributed by atoms with van der Waals surface area (Å²) < 4.78 is 35.8. The van der Waals surface area contributed by atoms with Crippen molar-refractivity contribution >= 4 is 11.6 Å². The molecular weight excluding hydrogens is 390 g/mol. The SMILES string of the molecule is CCOc1cccc(CNC(=NC)NCCc2ccc(N(C)C)cc2)c1OC(F)F. The number of guanidine groups is 1. The molecule has 0 fully saturated rings. The largest absolute Gasteiger partial charge is 0.490 e. The van der Waals surface area contributed by atoms with E-state index in [9.17, 15) is 8.78 Å². The monoisotopic (exact) mass is 420 g/mol. The first-order valence-corrected chi connectivity index (χ1v) is 9.84. The van der Waals surface area contributed by atoms with Crippen LogP contribution < -0.4 is 25.0 Å². The molecule has 0 bridgehead atoms. The number of alkyl halides is 2. The van der Waals surface area contributed by atoms with E-state index in [-0.39, 0.29) is 12.3 Å². The topological polar surface area (TPSA) is 58.1 Å². The van der Waals surface area contributed by atoms with Gasteiger partial charge in [0.2, 0.25) is 0 Å². The van der Waals surface area contributed by atoms with Gasteiger partial charge < -0.3 is 25.0 Å². The molecule has 2 rings (SSSR count). The van der Waals surface area contributed by atoms with Crippen LogP contribution in [0.1, 0.15) is 18.1 Å². The normalized spacial score (nSPS) is 11.4. The quantitative estimate of drug-likeness (QED) is 0.454. The van der Waals surface area contributed by atoms with Crippen LogP contribution in [0.5, 0.6) is 11.5 Å². The van der Waals surface area contributed by atoms with Crippen LogP contribution >= 0.6 is 0 Å². The van der Waals surface area contributed by atoms with Gasteiger partial charge in [0, 0.05) is 45.5 Å². The number of nitrogens with one attached hydrogen (secondary N) is 2. The van der Waals surface area contributed by atoms with Crippen molar-refractivity contribution in [3.05, 3.63) is 53.6 Å². The predicted molar refractivity (Wildman–Crippen MR) is 117 cm³/mol. The number of aliphatic imine (C=N–C) groups is 1. The zero-order chi connectivity index (χ0) is 21.9. The summed E-state index contributed by atoms with van der Waals surface area (Å²) in [4.78, 5) is 6.24. The molecule has 8 heteroatoms. The van der Waals surface area contributed by atoms with Gasteiger partial charge >= 0.3 is 6.61 Å². The smallest absolute Gasteiger partial charge is 0.387 e. The highest BCUT2D eigenvalue weighted by Gasteiger charge is 2.16. The lowest BCUT2D eigenvalue weighted by atomic mass is 10.1. The molecule has 2 aromatic carbocycles. The number of halogens is 2. The molecule has 0 aromatic heterocycles. The van der Waals surface area contributed by atoms with Gasteiger partial charge in [-0.3, -0.25) is 4.99 Å². The summed E-state index contributed by atoms with van der Waals surface area (Å²) in [6.07, 6.45) is 0.827. The minimum absolute atomic E-state index is 0.0401. The van der Waals surface area contributed by atoms with Crippen molar-refractivity contribution in [1.29, 1.82) is 0 Å². The van der Waals surface area contributed by atoms with Gasteiger partial charge in [0.05, 0.1) is 6.61 Å². The molecule has 2 N–H and O–H groups in total. The highest BCUT2D eigenvalue weighted by molar-refractivity contribution is 5.79. The minimum Gasteiger partial charge on any atom is -0.490 e. The second-order valence-corrected chi connectivity index (χ2v) is 6.72. The number of nitrogens with zero attached hydrogens (tertiary/aromatic N) is 2. The lowest BCUT2D eigenvalue weighted by molar-refractivity contribution is -0.0520. The fourth-order valence-corrected chi connectivity index (χ4v) is 2.88. The molecule has 0 aliphatic rings. The second-order valence-electron chi connectivity index (χ2n) is 6.72. The first-order chi connectivity index (χ1) is 14.4. The van der Waals surface area contributed by atoms with Crippen LogP contribution in [0.4, 0.5) is 14.5 Å². The van der Waals surface area contributed by atoms with E-state index >= 15 is 0 Å². The van der Waals surface area contributed by atoms with Crippen LogP contribution in [0.15, 0.2) is 47.5 Å². The zero-order valence-electron chi connectivity index (χ0n) is 17.9. The van der Waals surface area contributed by atoms with Crippen LogP contribution in [0, 0.1) is 0 Å². The molecule has 6 nitrogen and oxygen atoms in total. The Morgan fingerprint density at radius 3 is 2.43 bits per heavy atom. The van der Waals surface area contributed by atoms with E-state index in [0.717, 1.165) is 12.1 Å². The van der Waals surface area contributed by atoms with Crippen LogP contribution in [0.3, 0.4) is 0 Å². The molecule has 164 valence electrons. The van der Waals surface area contributed by atoms with Gasteiger partial charge in [0.25, 0.3) is 0 Å². The molecule has 2 aromatic rings. The Morgan fingerprint density at radius 1 is 1.10 bits per heavy atom. The van der Waals surface area contributed by atoms with Crippen molar-refractivity contribution in [2.75, 3.05) is 39.2 Å². The Hall–Kier alpha value is -3.03. The Kier molecular flexibility index (Phi) is 9.18. The Labute approximate surface area is 176 Å². The van der Waals surface area contributed by atoms with E-state index < -0.39 is 6.61 Å². The molecule has 0 radical (unpaired) electrons. The third-order valence-electron chi connectivity index (χ3n) is 4.40. The van der Waals surface area contributed by atoms with E-state index in [2.05, 4.69) is 44.8 Å². The molecule has 0 saturated heterocycles. The van der Waals surface area contributed by atoms with Crippen molar-refractivity contribution in [3.8, 4) is 11.5 Å². The van der Waals surface area contributed by atoms with Crippen molar-refractivity contribution in [2.45, 2.75) is 26.5 Å². The lowest BCUT2D eigenvalue weighted by Crippen LogP contribution is -2.38. The number of hydrogen-bond acceptors (Lipinski definition) is 4. The molecule has 0 spiro atoms. The van der Waals surface area contributed by atoms with Gasteiger partial charge in [0.15, 0.2) is 17.5 Å². The first kappa shape index (κ1) is 23.3. The van der Waals surface area contributed by atoms with Crippen molar-refractivity contribution < 1.29 is 18.3 Å². The summed E-state index contributed by atoms with van der Waals surface area (Å²) in [5.74, 6) is 0.907. The van der Waals surface area contributed by atoms with Gasteiger partial charge in [-0.15, -0.1) is 0 Å². The first-order valence-electron chi connectivity index (χ1n) is 9.84. The van der Waals surface area contributed by atoms with Gasteiger partial charge in [-0.2, -0.15) is 8.78 Å². The maximum absolute atomic E-state index is 12.8. The number of hydrogen-bond donors (Lipinski definition) is 2. The molecule has 0 aliphatic heterocycles. The number of anilines is 1. The molecule has 30 heavy (non-hydrogen) atoms. The zero-order valence-corrected chi connectivity index (χ0v) is 17.9. The van der Waals surface area contributed by atoms with Crippen LogP contribution in [-0.2, 0) is 13.0 Å². The summed E-state index contributed by atoms with van der Waals surface area (Å²) in [6.45, 7) is 0.161. The predicted octanol–water partition coefficient (Wildman–Crippen LogP) is 3.66. The van der Waals surface area contributed by atoms with Gasteiger partial charge in [0.1, 0.15) is 0 Å². The summed E-state index contributed by atoms with van der Waals surface area (Å²) in [7, 11) is 5.68. The number of para-hydroxylation sites is 1. The standard InChI is InChI=1S/C22H30F2N4O2/c1-5-29-19-8-6-7-17(20(19)30-21(23)24)15-27-22(25-2)26-14-13-16-9-11-18(12-10-16)28(3)4/h6-12,21H,5,13-15H2,1-4H3,(H2,25,26,27). The van der Waals surface area contributed by atoms with E-state index in [1.807, 2.05) is 14.1 Å². The third-order valence-corrected chi connectivity index (χ3v) is 4.40. The second kappa shape index (κ2) is 11.8. The fourth-order valence-electron chi connectivity index (χ4n) is 2.88. The number of rotatable bonds is 10. The van der Waals surface area contributed by atoms with Gasteiger partial charge in [-0.05, 0) is 37.1 Å². The molecule has 0 atom stereocenters. The molecule has 0 amide bonds. The molecular formula is C22H30F2N4O2. The van der Waals surface area contributed by atoms with E-state index in [1.165, 1.54) is 5.56 Å². The van der Waals surface area contributed by atoms with Crippen LogP contribution in [0.2, 0.25) is 0 Å². The van der Waals surface area contributed by atoms with Gasteiger partial charge in [-0.25, -0.2) is 0 Å². The van der Waals surface area contributed by atoms with E-state index in [1.54, 1.807) is 32.2 Å². The van der Waals surface area contributed by atoms with Crippen LogP contribution in [0.25, 0.3) is 0 Å². The Balaban J connectivity index is 1.93. The third kappa shape index (κ3) is 7.09. The van der Waals surface area contributed by atoms with Crippen molar-refractivity contribution in [3.63, 3.8) is 0 Å². The number of ether oxygens (including phenoxy) is 2. The van der Waals surface area contributed by atoms with Crippen molar-refractivity contribution in [1.82, 2.24) is 10.6 Å². The Bertz CT molecular complexity index is 811. The molecule has 0 saturated carbocycles. The summed E-state index contributed by atoms with van der Waals surface area (Å²) >= 11 is 0. The summed E-state index contributed by atoms with van der Waals surface area (Å²) in [5.41, 5.74) is 2.92. The lowest BCUT2D eigenvalue weighted by Gasteiger charge is -2.17. The Morgan fingerprint density at radius 2 is 1.83 bits per heavy atom. The molecule has 0 unspecified atom stereocenters. The average Bonchev–Trinajstić information content (AvgIpc) is 2.72. The van der Waals surface area contributed by atoms with Crippen LogP contribution in [-0.4, -0.2) is 46.9 Å². The highest BCUT2D eigenvalue weighted by atomic mass is 19.3. The fraction of sp³-hybridized carbons (Fsp3) is 0.409. The summed E-state index contributed by atoms with van der Waals surface area (Å²) in [6, 6.07) is 13.4. The maximum Gasteiger partial charge on any atom is 0.387 e. The summed E-state index contributed by atoms with van der Waals surface area (Å²) in [5, 5.41) is 6.36. The average molecular weight is 421 g/mol. The maximum atomic E-state index is 12.8. The van der Waals surface area contributed by atoms with Crippen molar-refractivity contribution in [2.24, 2.45) is 4.99 Å². The van der Waals surface area contributed by atoms with E-state index in [4.69, 9.17) is 9.47 Å². The molecule has 0 aliphatic carbocycles. The minimum atomic E-state index is -2.93. The van der Waals surface area contributed by atoms with Gasteiger partial charge in [-0.1, -0.05) is 24.3 Å². The van der Waals surface area contributed by atoms with E-state index in [0.29, 0.717) is 30.4 Å².